The Labute approximate surface area is 177 Å². The average molecular weight is 430 g/mol. The summed E-state index contributed by atoms with van der Waals surface area (Å²) in [4.78, 5) is 32.3. The van der Waals surface area contributed by atoms with Crippen LogP contribution in [0.3, 0.4) is 0 Å². The molecule has 1 aromatic heterocycles. The minimum Gasteiger partial charge on any atom is -0.507 e. The van der Waals surface area contributed by atoms with Crippen LogP contribution in [0.4, 0.5) is 0 Å². The number of rotatable bonds is 7. The van der Waals surface area contributed by atoms with Crippen molar-refractivity contribution in [3.63, 3.8) is 0 Å². The van der Waals surface area contributed by atoms with E-state index in [2.05, 4.69) is 9.97 Å². The highest BCUT2D eigenvalue weighted by Crippen LogP contribution is 2.51. The number of benzene rings is 1. The highest BCUT2D eigenvalue weighted by atomic mass is 16.5. The number of aromatic nitrogens is 2. The van der Waals surface area contributed by atoms with Gasteiger partial charge in [0.25, 0.3) is 0 Å². The number of carbonyl (C=O) groups is 2. The molecule has 1 aliphatic heterocycles. The molecule has 4 rings (SSSR count). The van der Waals surface area contributed by atoms with Gasteiger partial charge in [-0.25, -0.2) is 9.78 Å². The highest BCUT2D eigenvalue weighted by Gasteiger charge is 2.42. The van der Waals surface area contributed by atoms with E-state index in [0.717, 1.165) is 0 Å². The summed E-state index contributed by atoms with van der Waals surface area (Å²) in [5.74, 6) is -2.90. The molecule has 1 aliphatic carbocycles. The number of aromatic hydroxyl groups is 1. The maximum Gasteiger partial charge on any atom is 0.455 e. The SMILES string of the molecule is N[C@@H](C(=O)N1CC(Oc2ccc([C@H]3CC[C@H]3B(O)O)c(O)c2C(=O)O)C1)c1cnc[nH]1. The molecule has 2 aliphatic rings. The average Bonchev–Trinajstić information content (AvgIpc) is 3.18. The third-order valence-corrected chi connectivity index (χ3v) is 6.07. The van der Waals surface area contributed by atoms with Gasteiger partial charge >= 0.3 is 13.1 Å². The number of hydrogen-bond acceptors (Lipinski definition) is 8. The molecule has 0 radical (unpaired) electrons. The molecule has 0 bridgehead atoms. The zero-order valence-electron chi connectivity index (χ0n) is 16.5. The lowest BCUT2D eigenvalue weighted by molar-refractivity contribution is -0.141. The van der Waals surface area contributed by atoms with Crippen LogP contribution in [0, 0.1) is 0 Å². The zero-order valence-corrected chi connectivity index (χ0v) is 16.5. The third kappa shape index (κ3) is 3.85. The first-order chi connectivity index (χ1) is 14.8. The Hall–Kier alpha value is -3.09. The number of nitrogens with one attached hydrogen (secondary N) is 1. The maximum atomic E-state index is 12.4. The second-order valence-electron chi connectivity index (χ2n) is 7.91. The van der Waals surface area contributed by atoms with Crippen LogP contribution in [0.15, 0.2) is 24.7 Å². The monoisotopic (exact) mass is 430 g/mol. The molecule has 1 aromatic carbocycles. The highest BCUT2D eigenvalue weighted by molar-refractivity contribution is 6.43. The van der Waals surface area contributed by atoms with Crippen molar-refractivity contribution in [1.82, 2.24) is 14.9 Å². The van der Waals surface area contributed by atoms with Crippen LogP contribution in [-0.4, -0.2) is 73.3 Å². The summed E-state index contributed by atoms with van der Waals surface area (Å²) in [7, 11) is -1.53. The summed E-state index contributed by atoms with van der Waals surface area (Å²) >= 11 is 0. The second-order valence-corrected chi connectivity index (χ2v) is 7.91. The minimum absolute atomic E-state index is 0.0101. The number of aromatic amines is 1. The van der Waals surface area contributed by atoms with Crippen molar-refractivity contribution in [2.75, 3.05) is 13.1 Å². The van der Waals surface area contributed by atoms with Gasteiger partial charge < -0.3 is 40.6 Å². The lowest BCUT2D eigenvalue weighted by Gasteiger charge is -2.40. The van der Waals surface area contributed by atoms with Crippen LogP contribution >= 0.6 is 0 Å². The fourth-order valence-electron chi connectivity index (χ4n) is 4.10. The molecule has 1 saturated heterocycles. The van der Waals surface area contributed by atoms with Gasteiger partial charge in [0.1, 0.15) is 29.2 Å². The Balaban J connectivity index is 1.44. The molecule has 1 saturated carbocycles. The molecule has 2 heterocycles. The second kappa shape index (κ2) is 8.21. The molecule has 11 nitrogen and oxygen atoms in total. The molecule has 0 spiro atoms. The fourth-order valence-corrected chi connectivity index (χ4v) is 4.10. The standard InChI is InChI=1S/C19H23BN4O7/c21-16(13-5-22-8-23-13)18(26)24-6-9(7-24)31-14-4-2-11(17(25)15(14)19(27)28)10-1-3-12(10)20(29)30/h2,4-5,8-10,12,16,25,29-30H,1,3,6-7,21H2,(H,22,23)(H,27,28)/t10-,12-,16-/m1/s1. The van der Waals surface area contributed by atoms with E-state index in [4.69, 9.17) is 10.5 Å². The molecule has 12 heteroatoms. The number of amides is 1. The smallest absolute Gasteiger partial charge is 0.455 e. The zero-order chi connectivity index (χ0) is 22.3. The predicted octanol–water partition coefficient (Wildman–Crippen LogP) is -0.177. The number of H-pyrrole nitrogens is 1. The number of carboxylic acid groups (broad SMARTS) is 1. The van der Waals surface area contributed by atoms with Crippen molar-refractivity contribution in [3.8, 4) is 11.5 Å². The van der Waals surface area contributed by atoms with Crippen molar-refractivity contribution >= 4 is 19.0 Å². The summed E-state index contributed by atoms with van der Waals surface area (Å²) in [6, 6.07) is 2.13. The Morgan fingerprint density at radius 1 is 1.29 bits per heavy atom. The summed E-state index contributed by atoms with van der Waals surface area (Å²) in [6.07, 6.45) is 3.65. The number of hydrogen-bond donors (Lipinski definition) is 6. The number of likely N-dealkylation sites (tertiary alicyclic amines) is 1. The van der Waals surface area contributed by atoms with E-state index in [1.165, 1.54) is 23.5 Å². The van der Waals surface area contributed by atoms with E-state index in [-0.39, 0.29) is 36.2 Å². The number of nitrogens with zero attached hydrogens (tertiary/aromatic N) is 2. The number of imidazole rings is 1. The topological polar surface area (TPSA) is 182 Å². The van der Waals surface area contributed by atoms with Crippen LogP contribution in [0.2, 0.25) is 5.82 Å². The van der Waals surface area contributed by atoms with Crippen LogP contribution in [0.5, 0.6) is 11.5 Å². The van der Waals surface area contributed by atoms with Gasteiger partial charge in [0.05, 0.1) is 31.3 Å². The molecule has 2 fully saturated rings. The number of carboxylic acids is 1. The number of aromatic carboxylic acids is 1. The molecule has 2 aromatic rings. The van der Waals surface area contributed by atoms with Crippen molar-refractivity contribution in [2.45, 2.75) is 36.7 Å². The van der Waals surface area contributed by atoms with Crippen LogP contribution in [0.1, 0.15) is 46.4 Å². The number of phenols is 1. The molecular weight excluding hydrogens is 407 g/mol. The third-order valence-electron chi connectivity index (χ3n) is 6.07. The molecule has 164 valence electrons. The van der Waals surface area contributed by atoms with Gasteiger partial charge in [-0.05, 0) is 24.0 Å². The van der Waals surface area contributed by atoms with Gasteiger partial charge in [-0.3, -0.25) is 4.79 Å². The van der Waals surface area contributed by atoms with E-state index in [9.17, 15) is 29.9 Å². The lowest BCUT2D eigenvalue weighted by Crippen LogP contribution is -2.58. The van der Waals surface area contributed by atoms with Gasteiger partial charge in [-0.1, -0.05) is 12.5 Å². The first-order valence-electron chi connectivity index (χ1n) is 9.92. The van der Waals surface area contributed by atoms with Gasteiger partial charge in [-0.2, -0.15) is 0 Å². The molecule has 31 heavy (non-hydrogen) atoms. The maximum absolute atomic E-state index is 12.4. The van der Waals surface area contributed by atoms with E-state index in [1.54, 1.807) is 6.07 Å². The van der Waals surface area contributed by atoms with E-state index >= 15 is 0 Å². The normalized spacial score (nSPS) is 21.7. The van der Waals surface area contributed by atoms with Crippen molar-refractivity contribution in [3.05, 3.63) is 41.5 Å². The molecule has 7 N–H and O–H groups in total. The molecule has 3 atom stereocenters. The van der Waals surface area contributed by atoms with Crippen molar-refractivity contribution in [1.29, 1.82) is 0 Å². The van der Waals surface area contributed by atoms with Gasteiger partial charge in [0.15, 0.2) is 0 Å². The van der Waals surface area contributed by atoms with E-state index < -0.39 is 36.8 Å². The van der Waals surface area contributed by atoms with Gasteiger partial charge in [0.2, 0.25) is 5.91 Å². The van der Waals surface area contributed by atoms with Gasteiger partial charge in [-0.15, -0.1) is 0 Å². The fraction of sp³-hybridized carbons (Fsp3) is 0.421. The Morgan fingerprint density at radius 2 is 2.03 bits per heavy atom. The number of nitrogens with two attached hydrogens (primary N) is 1. The van der Waals surface area contributed by atoms with E-state index in [1.807, 2.05) is 0 Å². The lowest BCUT2D eigenvalue weighted by atomic mass is 9.53. The summed E-state index contributed by atoms with van der Waals surface area (Å²) in [5.41, 5.74) is 6.38. The summed E-state index contributed by atoms with van der Waals surface area (Å²) in [6.45, 7) is 0.452. The molecule has 1 amide bonds. The van der Waals surface area contributed by atoms with Crippen molar-refractivity contribution < 1.29 is 34.6 Å². The quantitative estimate of drug-likeness (QED) is 0.325. The summed E-state index contributed by atoms with van der Waals surface area (Å²) < 4.78 is 5.74. The Morgan fingerprint density at radius 3 is 2.58 bits per heavy atom. The number of ether oxygens (including phenoxy) is 1. The number of carbonyl (C=O) groups excluding carboxylic acids is 1. The molecule has 0 unspecified atom stereocenters. The minimum atomic E-state index is -1.53. The van der Waals surface area contributed by atoms with Crippen LogP contribution in [0.25, 0.3) is 0 Å². The summed E-state index contributed by atoms with van der Waals surface area (Å²) in [5, 5.41) is 39.1. The van der Waals surface area contributed by atoms with Gasteiger partial charge in [0, 0.05) is 5.82 Å². The predicted molar refractivity (Wildman–Crippen MR) is 107 cm³/mol. The Kier molecular flexibility index (Phi) is 5.61. The largest absolute Gasteiger partial charge is 0.507 e. The van der Waals surface area contributed by atoms with Crippen molar-refractivity contribution in [2.24, 2.45) is 5.73 Å². The molecular formula is C19H23BN4O7. The first kappa shape index (κ1) is 21.2. The first-order valence-corrected chi connectivity index (χ1v) is 9.92. The van der Waals surface area contributed by atoms with E-state index in [0.29, 0.717) is 24.1 Å². The van der Waals surface area contributed by atoms with Crippen LogP contribution in [-0.2, 0) is 4.79 Å². The Bertz CT molecular complexity index is 978. The van der Waals surface area contributed by atoms with Crippen LogP contribution < -0.4 is 10.5 Å².